The monoisotopic (exact) mass is 741 g/mol. The van der Waals surface area contributed by atoms with E-state index in [1.165, 1.54) is 22.3 Å². The van der Waals surface area contributed by atoms with Crippen molar-refractivity contribution >= 4 is 23.2 Å². The number of nitrogens with zero attached hydrogens (tertiary/aromatic N) is 3. The van der Waals surface area contributed by atoms with E-state index in [1.807, 2.05) is 24.3 Å². The summed E-state index contributed by atoms with van der Waals surface area (Å²) in [6.45, 7) is 5.73. The number of Topliss-reactive ketones (excluding diaryl/α,β-unsaturated/α-hetero) is 2. The first-order chi connectivity index (χ1) is 26.9. The Labute approximate surface area is 323 Å². The van der Waals surface area contributed by atoms with E-state index in [-0.39, 0.29) is 29.8 Å². The molecular formula is C46H51N3O6. The predicted octanol–water partition coefficient (Wildman–Crippen LogP) is 7.28. The van der Waals surface area contributed by atoms with Crippen molar-refractivity contribution in [3.05, 3.63) is 118 Å². The van der Waals surface area contributed by atoms with Gasteiger partial charge >= 0.3 is 0 Å². The summed E-state index contributed by atoms with van der Waals surface area (Å²) in [5.74, 6) is 2.20. The summed E-state index contributed by atoms with van der Waals surface area (Å²) in [6.07, 6.45) is 5.88. The smallest absolute Gasteiger partial charge is 0.255 e. The van der Waals surface area contributed by atoms with Crippen LogP contribution in [0.3, 0.4) is 0 Å². The van der Waals surface area contributed by atoms with Crippen LogP contribution in [-0.4, -0.2) is 84.9 Å². The lowest BCUT2D eigenvalue weighted by molar-refractivity contribution is -0.133. The molecule has 9 heteroatoms. The van der Waals surface area contributed by atoms with Crippen LogP contribution < -0.4 is 14.4 Å². The Balaban J connectivity index is 0.794. The minimum atomic E-state index is -0.537. The maximum atomic E-state index is 13.3. The lowest BCUT2D eigenvalue weighted by Crippen LogP contribution is -2.46. The number of piperazine rings is 1. The number of phenolic OH excluding ortho intramolecular Hbond substituents is 1. The van der Waals surface area contributed by atoms with E-state index in [4.69, 9.17) is 9.47 Å². The highest BCUT2D eigenvalue weighted by Crippen LogP contribution is 2.47. The quantitative estimate of drug-likeness (QED) is 0.120. The zero-order valence-electron chi connectivity index (χ0n) is 31.8. The molecule has 2 fully saturated rings. The van der Waals surface area contributed by atoms with Crippen LogP contribution in [-0.2, 0) is 22.6 Å². The molecular weight excluding hydrogens is 691 g/mol. The van der Waals surface area contributed by atoms with Gasteiger partial charge in [0.05, 0.1) is 38.4 Å². The van der Waals surface area contributed by atoms with Crippen molar-refractivity contribution in [1.82, 2.24) is 9.80 Å². The largest absolute Gasteiger partial charge is 0.508 e. The molecule has 2 heterocycles. The van der Waals surface area contributed by atoms with Gasteiger partial charge in [-0.05, 0) is 110 Å². The van der Waals surface area contributed by atoms with E-state index in [1.54, 1.807) is 12.0 Å². The Morgan fingerprint density at radius 2 is 1.60 bits per heavy atom. The zero-order valence-corrected chi connectivity index (χ0v) is 31.8. The number of aromatic hydroxyl groups is 1. The number of anilines is 1. The summed E-state index contributed by atoms with van der Waals surface area (Å²) in [6, 6.07) is 28.6. The van der Waals surface area contributed by atoms with Crippen LogP contribution in [0.25, 0.3) is 0 Å². The van der Waals surface area contributed by atoms with Gasteiger partial charge in [0.15, 0.2) is 5.78 Å². The summed E-state index contributed by atoms with van der Waals surface area (Å²) in [7, 11) is 1.65. The van der Waals surface area contributed by atoms with Gasteiger partial charge in [0.2, 0.25) is 0 Å². The number of ketones is 2. The second-order valence-corrected chi connectivity index (χ2v) is 15.5. The van der Waals surface area contributed by atoms with Gasteiger partial charge in [-0.1, -0.05) is 48.5 Å². The van der Waals surface area contributed by atoms with E-state index in [2.05, 4.69) is 70.5 Å². The first-order valence-corrected chi connectivity index (χ1v) is 20.0. The molecule has 0 aromatic heterocycles. The lowest BCUT2D eigenvalue weighted by atomic mass is 9.69. The van der Waals surface area contributed by atoms with Crippen LogP contribution in [0, 0.1) is 0 Å². The number of unbranched alkanes of at least 4 members (excludes halogenated alkanes) is 2. The fourth-order valence-corrected chi connectivity index (χ4v) is 9.35. The molecule has 0 bridgehead atoms. The number of phenols is 1. The molecule has 8 rings (SSSR count). The fourth-order valence-electron chi connectivity index (χ4n) is 9.35. The molecule has 4 aromatic rings. The number of rotatable bonds is 12. The SMILES string of the molecule is COc1c(N2CCN(CCCCCOc3ccc([C@@H]4c5ccc(O)cc5CC[C@@H]4c4ccccc4)cc3)CC2)ccc2c1CN(C1CCC(=O)CC1=O)C2=O. The number of methoxy groups -OCH3 is 1. The first kappa shape index (κ1) is 36.8. The Hall–Kier alpha value is -5.15. The van der Waals surface area contributed by atoms with Crippen LogP contribution in [0.4, 0.5) is 5.69 Å². The summed E-state index contributed by atoms with van der Waals surface area (Å²) in [4.78, 5) is 44.2. The van der Waals surface area contributed by atoms with Crippen molar-refractivity contribution in [2.45, 2.75) is 75.8 Å². The molecule has 9 nitrogen and oxygen atoms in total. The Morgan fingerprint density at radius 1 is 0.800 bits per heavy atom. The molecule has 4 aliphatic rings. The molecule has 2 aliphatic heterocycles. The summed E-state index contributed by atoms with van der Waals surface area (Å²) >= 11 is 0. The molecule has 1 unspecified atom stereocenters. The van der Waals surface area contributed by atoms with E-state index >= 15 is 0 Å². The number of aryl methyl sites for hydroxylation is 1. The normalized spacial score (nSPS) is 21.4. The Morgan fingerprint density at radius 3 is 2.36 bits per heavy atom. The highest BCUT2D eigenvalue weighted by molar-refractivity contribution is 6.08. The van der Waals surface area contributed by atoms with Gasteiger partial charge in [0.25, 0.3) is 5.91 Å². The first-order valence-electron chi connectivity index (χ1n) is 20.0. The summed E-state index contributed by atoms with van der Waals surface area (Å²) in [5.41, 5.74) is 7.59. The molecule has 2 aliphatic carbocycles. The van der Waals surface area contributed by atoms with Crippen LogP contribution in [0.5, 0.6) is 17.2 Å². The number of ether oxygens (including phenoxy) is 2. The second-order valence-electron chi connectivity index (χ2n) is 15.5. The van der Waals surface area contributed by atoms with Gasteiger partial charge in [0, 0.05) is 49.6 Å². The molecule has 3 atom stereocenters. The number of benzene rings is 4. The maximum Gasteiger partial charge on any atom is 0.255 e. The Kier molecular flexibility index (Phi) is 10.9. The maximum absolute atomic E-state index is 13.3. The number of carbonyl (C=O) groups is 3. The lowest BCUT2D eigenvalue weighted by Gasteiger charge is -2.37. The van der Waals surface area contributed by atoms with Crippen LogP contribution in [0.2, 0.25) is 0 Å². The van der Waals surface area contributed by atoms with E-state index in [0.29, 0.717) is 49.0 Å². The van der Waals surface area contributed by atoms with Crippen molar-refractivity contribution in [2.75, 3.05) is 51.3 Å². The standard InChI is InChI=1S/C46H51N3O6/c1-54-45-40-30-49(41-20-14-35(51)29-43(41)52)46(53)39(40)19-21-42(45)48-25-23-47(24-26-48)22-6-3-7-27-55-36-15-10-32(11-16-36)44-37(31-8-4-2-5-9-31)17-12-33-28-34(50)13-18-38(33)44/h2,4-5,8-11,13,15-16,18-19,21,28,37,41,44,50H,3,6-7,12,14,17,20,22-27,29-30H2,1H3/t37-,41?,44+/m1/s1. The fraction of sp³-hybridized carbons (Fsp3) is 0.413. The van der Waals surface area contributed by atoms with Crippen molar-refractivity contribution in [3.63, 3.8) is 0 Å². The van der Waals surface area contributed by atoms with E-state index in [9.17, 15) is 19.5 Å². The van der Waals surface area contributed by atoms with Gasteiger partial charge in [-0.15, -0.1) is 0 Å². The highest BCUT2D eigenvalue weighted by Gasteiger charge is 2.41. The molecule has 55 heavy (non-hydrogen) atoms. The molecule has 0 radical (unpaired) electrons. The number of carbonyl (C=O) groups excluding carboxylic acids is 3. The van der Waals surface area contributed by atoms with E-state index in [0.717, 1.165) is 81.8 Å². The number of fused-ring (bicyclic) bond motifs is 2. The third kappa shape index (κ3) is 7.72. The third-order valence-corrected chi connectivity index (χ3v) is 12.2. The van der Waals surface area contributed by atoms with Gasteiger partial charge < -0.3 is 24.4 Å². The molecule has 1 saturated carbocycles. The average molecular weight is 742 g/mol. The van der Waals surface area contributed by atoms with Crippen molar-refractivity contribution in [3.8, 4) is 17.2 Å². The summed E-state index contributed by atoms with van der Waals surface area (Å²) < 4.78 is 12.1. The minimum Gasteiger partial charge on any atom is -0.508 e. The van der Waals surface area contributed by atoms with Crippen molar-refractivity contribution in [1.29, 1.82) is 0 Å². The zero-order chi connectivity index (χ0) is 37.9. The van der Waals surface area contributed by atoms with Crippen molar-refractivity contribution in [2.24, 2.45) is 0 Å². The average Bonchev–Trinajstić information content (AvgIpc) is 3.54. The van der Waals surface area contributed by atoms with Crippen LogP contribution >= 0.6 is 0 Å². The van der Waals surface area contributed by atoms with Gasteiger partial charge in [0.1, 0.15) is 23.0 Å². The number of hydrogen-bond acceptors (Lipinski definition) is 8. The molecule has 1 amide bonds. The predicted molar refractivity (Wildman–Crippen MR) is 212 cm³/mol. The highest BCUT2D eigenvalue weighted by atomic mass is 16.5. The third-order valence-electron chi connectivity index (χ3n) is 12.2. The van der Waals surface area contributed by atoms with Gasteiger partial charge in [-0.3, -0.25) is 19.3 Å². The topological polar surface area (TPSA) is 99.6 Å². The molecule has 1 saturated heterocycles. The van der Waals surface area contributed by atoms with Crippen LogP contribution in [0.15, 0.2) is 84.9 Å². The second kappa shape index (κ2) is 16.3. The van der Waals surface area contributed by atoms with Crippen molar-refractivity contribution < 1.29 is 29.0 Å². The van der Waals surface area contributed by atoms with Gasteiger partial charge in [-0.2, -0.15) is 0 Å². The Bertz CT molecular complexity index is 2020. The molecule has 1 N–H and O–H groups in total. The molecule has 4 aromatic carbocycles. The van der Waals surface area contributed by atoms with Gasteiger partial charge in [-0.25, -0.2) is 0 Å². The van der Waals surface area contributed by atoms with Crippen LogP contribution in [0.1, 0.15) is 95.0 Å². The summed E-state index contributed by atoms with van der Waals surface area (Å²) in [5, 5.41) is 10.2. The molecule has 286 valence electrons. The number of hydrogen-bond donors (Lipinski definition) is 1. The minimum absolute atomic E-state index is 0.0422. The number of amides is 1. The van der Waals surface area contributed by atoms with E-state index < -0.39 is 6.04 Å². The molecule has 0 spiro atoms.